The standard InChI is InChI=1S/C11H15NO4/c1-12-6-8(14)10-7(13)2-3-9-11(10)16-5-4-15-9/h2-3,8,12-14H,4-6H2,1H3. The smallest absolute Gasteiger partial charge is 0.170 e. The molecule has 1 aliphatic rings. The van der Waals surface area contributed by atoms with Crippen molar-refractivity contribution in [2.45, 2.75) is 6.10 Å². The molecule has 5 nitrogen and oxygen atoms in total. The molecular weight excluding hydrogens is 210 g/mol. The van der Waals surface area contributed by atoms with E-state index in [2.05, 4.69) is 5.32 Å². The van der Waals surface area contributed by atoms with Crippen molar-refractivity contribution in [2.24, 2.45) is 0 Å². The first-order chi connectivity index (χ1) is 7.74. The minimum atomic E-state index is -0.818. The molecule has 1 atom stereocenters. The van der Waals surface area contributed by atoms with Crippen molar-refractivity contribution >= 4 is 0 Å². The second-order valence-electron chi connectivity index (χ2n) is 3.60. The molecule has 0 aliphatic carbocycles. The second-order valence-corrected chi connectivity index (χ2v) is 3.60. The molecule has 0 aromatic heterocycles. The number of fused-ring (bicyclic) bond motifs is 1. The summed E-state index contributed by atoms with van der Waals surface area (Å²) < 4.78 is 10.8. The van der Waals surface area contributed by atoms with E-state index in [-0.39, 0.29) is 5.75 Å². The van der Waals surface area contributed by atoms with Crippen LogP contribution in [0.25, 0.3) is 0 Å². The van der Waals surface area contributed by atoms with E-state index in [0.29, 0.717) is 36.8 Å². The van der Waals surface area contributed by atoms with Crippen LogP contribution in [0.5, 0.6) is 17.2 Å². The molecule has 2 rings (SSSR count). The van der Waals surface area contributed by atoms with Crippen molar-refractivity contribution in [3.05, 3.63) is 17.7 Å². The maximum Gasteiger partial charge on any atom is 0.170 e. The molecule has 1 aromatic carbocycles. The average Bonchev–Trinajstić information content (AvgIpc) is 2.29. The van der Waals surface area contributed by atoms with Crippen molar-refractivity contribution in [3.8, 4) is 17.2 Å². The number of aliphatic hydroxyl groups excluding tert-OH is 1. The molecule has 1 unspecified atom stereocenters. The van der Waals surface area contributed by atoms with Crippen molar-refractivity contribution < 1.29 is 19.7 Å². The zero-order valence-corrected chi connectivity index (χ0v) is 9.06. The van der Waals surface area contributed by atoms with Gasteiger partial charge in [-0.05, 0) is 19.2 Å². The van der Waals surface area contributed by atoms with Crippen molar-refractivity contribution in [1.82, 2.24) is 5.32 Å². The monoisotopic (exact) mass is 225 g/mol. The van der Waals surface area contributed by atoms with Crippen LogP contribution in [-0.2, 0) is 0 Å². The topological polar surface area (TPSA) is 71.0 Å². The van der Waals surface area contributed by atoms with Crippen molar-refractivity contribution in [3.63, 3.8) is 0 Å². The number of ether oxygens (including phenoxy) is 2. The summed E-state index contributed by atoms with van der Waals surface area (Å²) in [4.78, 5) is 0. The number of hydrogen-bond donors (Lipinski definition) is 3. The predicted octanol–water partition coefficient (Wildman–Crippen LogP) is 0.416. The van der Waals surface area contributed by atoms with Crippen molar-refractivity contribution in [2.75, 3.05) is 26.8 Å². The number of aliphatic hydroxyl groups is 1. The third-order valence-corrected chi connectivity index (χ3v) is 2.45. The van der Waals surface area contributed by atoms with Gasteiger partial charge in [0.05, 0.1) is 11.7 Å². The summed E-state index contributed by atoms with van der Waals surface area (Å²) in [5.74, 6) is 1.02. The van der Waals surface area contributed by atoms with Crippen molar-refractivity contribution in [1.29, 1.82) is 0 Å². The van der Waals surface area contributed by atoms with Crippen LogP contribution in [0.1, 0.15) is 11.7 Å². The molecule has 88 valence electrons. The summed E-state index contributed by atoms with van der Waals surface area (Å²) >= 11 is 0. The summed E-state index contributed by atoms with van der Waals surface area (Å²) in [5, 5.41) is 22.5. The summed E-state index contributed by atoms with van der Waals surface area (Å²) in [6.45, 7) is 1.25. The molecule has 1 aliphatic heterocycles. The fourth-order valence-electron chi connectivity index (χ4n) is 1.74. The number of phenolic OH excluding ortho intramolecular Hbond substituents is 1. The molecule has 5 heteroatoms. The number of aromatic hydroxyl groups is 1. The second kappa shape index (κ2) is 4.59. The van der Waals surface area contributed by atoms with Gasteiger partial charge in [-0.1, -0.05) is 0 Å². The van der Waals surface area contributed by atoms with E-state index >= 15 is 0 Å². The number of rotatable bonds is 3. The Morgan fingerprint density at radius 2 is 2.12 bits per heavy atom. The molecule has 0 bridgehead atoms. The highest BCUT2D eigenvalue weighted by Crippen LogP contribution is 2.42. The lowest BCUT2D eigenvalue weighted by Gasteiger charge is -2.23. The summed E-state index contributed by atoms with van der Waals surface area (Å²) in [5.41, 5.74) is 0.381. The van der Waals surface area contributed by atoms with Gasteiger partial charge in [-0.15, -0.1) is 0 Å². The maximum absolute atomic E-state index is 9.90. The number of nitrogens with one attached hydrogen (secondary N) is 1. The molecule has 0 saturated heterocycles. The third-order valence-electron chi connectivity index (χ3n) is 2.45. The van der Waals surface area contributed by atoms with E-state index < -0.39 is 6.10 Å². The van der Waals surface area contributed by atoms with Gasteiger partial charge in [-0.2, -0.15) is 0 Å². The SMILES string of the molecule is CNCC(O)c1c(O)ccc2c1OCCO2. The molecule has 0 radical (unpaired) electrons. The van der Waals surface area contributed by atoms with Gasteiger partial charge in [-0.3, -0.25) is 0 Å². The van der Waals surface area contributed by atoms with Crippen LogP contribution < -0.4 is 14.8 Å². The average molecular weight is 225 g/mol. The lowest BCUT2D eigenvalue weighted by atomic mass is 10.1. The summed E-state index contributed by atoms with van der Waals surface area (Å²) in [7, 11) is 1.73. The van der Waals surface area contributed by atoms with Gasteiger partial charge in [0, 0.05) is 6.54 Å². The lowest BCUT2D eigenvalue weighted by molar-refractivity contribution is 0.143. The van der Waals surface area contributed by atoms with Crippen LogP contribution >= 0.6 is 0 Å². The zero-order chi connectivity index (χ0) is 11.5. The van der Waals surface area contributed by atoms with Gasteiger partial charge in [0.25, 0.3) is 0 Å². The van der Waals surface area contributed by atoms with E-state index in [4.69, 9.17) is 9.47 Å². The van der Waals surface area contributed by atoms with Crippen LogP contribution in [-0.4, -0.2) is 37.0 Å². The van der Waals surface area contributed by atoms with Gasteiger partial charge in [-0.25, -0.2) is 0 Å². The first-order valence-corrected chi connectivity index (χ1v) is 5.18. The van der Waals surface area contributed by atoms with Gasteiger partial charge < -0.3 is 25.0 Å². The molecule has 0 amide bonds. The Labute approximate surface area is 93.6 Å². The molecular formula is C11H15NO4. The van der Waals surface area contributed by atoms with Crippen LogP contribution in [0.3, 0.4) is 0 Å². The highest BCUT2D eigenvalue weighted by atomic mass is 16.6. The molecule has 0 saturated carbocycles. The van der Waals surface area contributed by atoms with E-state index in [0.717, 1.165) is 0 Å². The zero-order valence-electron chi connectivity index (χ0n) is 9.06. The number of phenols is 1. The normalized spacial score (nSPS) is 15.9. The van der Waals surface area contributed by atoms with E-state index in [9.17, 15) is 10.2 Å². The predicted molar refractivity (Wildman–Crippen MR) is 58.0 cm³/mol. The van der Waals surface area contributed by atoms with E-state index in [1.165, 1.54) is 6.07 Å². The van der Waals surface area contributed by atoms with Crippen LogP contribution in [0, 0.1) is 0 Å². The molecule has 16 heavy (non-hydrogen) atoms. The summed E-state index contributed by atoms with van der Waals surface area (Å²) in [6.07, 6.45) is -0.818. The van der Waals surface area contributed by atoms with Crippen LogP contribution in [0.2, 0.25) is 0 Å². The number of hydrogen-bond acceptors (Lipinski definition) is 5. The quantitative estimate of drug-likeness (QED) is 0.695. The van der Waals surface area contributed by atoms with E-state index in [1.54, 1.807) is 13.1 Å². The molecule has 0 spiro atoms. The summed E-state index contributed by atoms with van der Waals surface area (Å²) in [6, 6.07) is 3.14. The molecule has 1 heterocycles. The van der Waals surface area contributed by atoms with Crippen LogP contribution in [0.4, 0.5) is 0 Å². The number of benzene rings is 1. The first-order valence-electron chi connectivity index (χ1n) is 5.18. The Bertz CT molecular complexity index is 380. The molecule has 1 aromatic rings. The Kier molecular flexibility index (Phi) is 3.17. The Hall–Kier alpha value is -1.46. The minimum Gasteiger partial charge on any atom is -0.507 e. The van der Waals surface area contributed by atoms with Gasteiger partial charge >= 0.3 is 0 Å². The fraction of sp³-hybridized carbons (Fsp3) is 0.455. The van der Waals surface area contributed by atoms with Gasteiger partial charge in [0.1, 0.15) is 19.0 Å². The van der Waals surface area contributed by atoms with E-state index in [1.807, 2.05) is 0 Å². The highest BCUT2D eigenvalue weighted by molar-refractivity contribution is 5.55. The highest BCUT2D eigenvalue weighted by Gasteiger charge is 2.24. The minimum absolute atomic E-state index is 0.0204. The third kappa shape index (κ3) is 1.91. The maximum atomic E-state index is 9.90. The molecule has 0 fully saturated rings. The van der Waals surface area contributed by atoms with Gasteiger partial charge in [0.15, 0.2) is 11.5 Å². The fourth-order valence-corrected chi connectivity index (χ4v) is 1.74. The first kappa shape index (κ1) is 11.0. The van der Waals surface area contributed by atoms with Crippen LogP contribution in [0.15, 0.2) is 12.1 Å². The number of likely N-dealkylation sites (N-methyl/N-ethyl adjacent to an activating group) is 1. The molecule has 3 N–H and O–H groups in total. The lowest BCUT2D eigenvalue weighted by Crippen LogP contribution is -2.21. The van der Waals surface area contributed by atoms with Gasteiger partial charge in [0.2, 0.25) is 0 Å². The largest absolute Gasteiger partial charge is 0.507 e. The Balaban J connectivity index is 2.41. The Morgan fingerprint density at radius 1 is 1.38 bits per heavy atom. The Morgan fingerprint density at radius 3 is 2.88 bits per heavy atom.